The summed E-state index contributed by atoms with van der Waals surface area (Å²) in [6.07, 6.45) is 1.90. The molecule has 0 saturated carbocycles. The predicted molar refractivity (Wildman–Crippen MR) is 156 cm³/mol. The molecule has 2 aromatic carbocycles. The van der Waals surface area contributed by atoms with Crippen LogP contribution in [0.3, 0.4) is 0 Å². The summed E-state index contributed by atoms with van der Waals surface area (Å²) in [5, 5.41) is 27.3. The standard InChI is InChI=1S/C30H43N5O6/c1-19(2)16-23(32)27(37)34-25(18-21-11-13-22(36)14-12-21)29(39)35-26(17-20-8-4-3-5-9-20)28(38)33-24(30(40)41)10-6-7-15-31/h3-5,8-9,11-14,19,23-26,36H,6-7,10,15-18,31-32H2,1-2H3,(H,33,38)(H,34,37)(H,35,39)(H,40,41). The van der Waals surface area contributed by atoms with Gasteiger partial charge in [0.05, 0.1) is 6.04 Å². The van der Waals surface area contributed by atoms with Gasteiger partial charge in [-0.3, -0.25) is 14.4 Å². The number of nitrogens with one attached hydrogen (secondary N) is 3. The number of carboxylic acid groups (broad SMARTS) is 1. The fourth-order valence-electron chi connectivity index (χ4n) is 4.32. The number of carbonyl (C=O) groups is 4. The second-order valence-electron chi connectivity index (χ2n) is 10.6. The quantitative estimate of drug-likeness (QED) is 0.138. The number of amides is 3. The number of aromatic hydroxyl groups is 1. The second-order valence-corrected chi connectivity index (χ2v) is 10.6. The van der Waals surface area contributed by atoms with E-state index in [9.17, 15) is 29.4 Å². The fraction of sp³-hybridized carbons (Fsp3) is 0.467. The number of nitrogens with two attached hydrogens (primary N) is 2. The summed E-state index contributed by atoms with van der Waals surface area (Å²) in [5.74, 6) is -2.77. The molecule has 9 N–H and O–H groups in total. The number of benzene rings is 2. The minimum absolute atomic E-state index is 0.0526. The van der Waals surface area contributed by atoms with Gasteiger partial charge in [0, 0.05) is 12.8 Å². The van der Waals surface area contributed by atoms with Gasteiger partial charge in [0.15, 0.2) is 0 Å². The Labute approximate surface area is 241 Å². The third-order valence-corrected chi connectivity index (χ3v) is 6.55. The smallest absolute Gasteiger partial charge is 0.326 e. The molecule has 0 fully saturated rings. The summed E-state index contributed by atoms with van der Waals surface area (Å²) >= 11 is 0. The van der Waals surface area contributed by atoms with Gasteiger partial charge in [-0.25, -0.2) is 4.79 Å². The molecule has 2 aromatic rings. The van der Waals surface area contributed by atoms with E-state index in [1.54, 1.807) is 36.4 Å². The van der Waals surface area contributed by atoms with Crippen molar-refractivity contribution in [3.8, 4) is 5.75 Å². The van der Waals surface area contributed by atoms with Crippen molar-refractivity contribution in [1.82, 2.24) is 16.0 Å². The molecule has 0 spiro atoms. The van der Waals surface area contributed by atoms with Gasteiger partial charge in [-0.15, -0.1) is 0 Å². The van der Waals surface area contributed by atoms with Crippen LogP contribution in [-0.4, -0.2) is 64.6 Å². The van der Waals surface area contributed by atoms with Gasteiger partial charge < -0.3 is 37.6 Å². The molecule has 11 heteroatoms. The van der Waals surface area contributed by atoms with Gasteiger partial charge >= 0.3 is 5.97 Å². The third kappa shape index (κ3) is 12.0. The third-order valence-electron chi connectivity index (χ3n) is 6.55. The van der Waals surface area contributed by atoms with Crippen molar-refractivity contribution in [2.24, 2.45) is 17.4 Å². The Morgan fingerprint density at radius 3 is 1.78 bits per heavy atom. The van der Waals surface area contributed by atoms with Crippen molar-refractivity contribution in [1.29, 1.82) is 0 Å². The zero-order chi connectivity index (χ0) is 30.4. The second kappa shape index (κ2) is 17.0. The molecule has 41 heavy (non-hydrogen) atoms. The zero-order valence-electron chi connectivity index (χ0n) is 23.7. The molecule has 3 amide bonds. The predicted octanol–water partition coefficient (Wildman–Crippen LogP) is 1.22. The van der Waals surface area contributed by atoms with Crippen LogP contribution in [0.4, 0.5) is 0 Å². The average molecular weight is 570 g/mol. The first-order valence-corrected chi connectivity index (χ1v) is 13.9. The Kier molecular flexibility index (Phi) is 13.8. The van der Waals surface area contributed by atoms with E-state index in [0.717, 1.165) is 5.56 Å². The summed E-state index contributed by atoms with van der Waals surface area (Å²) in [6.45, 7) is 4.27. The minimum Gasteiger partial charge on any atom is -0.508 e. The Bertz CT molecular complexity index is 1130. The van der Waals surface area contributed by atoms with E-state index in [1.807, 2.05) is 19.9 Å². The number of hydrogen-bond donors (Lipinski definition) is 7. The Hall–Kier alpha value is -3.96. The number of phenols is 1. The summed E-state index contributed by atoms with van der Waals surface area (Å²) < 4.78 is 0. The SMILES string of the molecule is CC(C)CC(N)C(=O)NC(Cc1ccc(O)cc1)C(=O)NC(Cc1ccccc1)C(=O)NC(CCCCN)C(=O)O. The largest absolute Gasteiger partial charge is 0.508 e. The normalized spacial score (nSPS) is 14.0. The van der Waals surface area contributed by atoms with Gasteiger partial charge in [0.1, 0.15) is 23.9 Å². The molecule has 2 rings (SSSR count). The Morgan fingerprint density at radius 2 is 1.27 bits per heavy atom. The van der Waals surface area contributed by atoms with Gasteiger partial charge in [-0.1, -0.05) is 56.3 Å². The number of phenolic OH excluding ortho intramolecular Hbond substituents is 1. The zero-order valence-corrected chi connectivity index (χ0v) is 23.7. The first-order chi connectivity index (χ1) is 19.5. The number of rotatable bonds is 17. The van der Waals surface area contributed by atoms with Crippen molar-refractivity contribution in [3.63, 3.8) is 0 Å². The van der Waals surface area contributed by atoms with E-state index >= 15 is 0 Å². The lowest BCUT2D eigenvalue weighted by Crippen LogP contribution is -2.58. The molecule has 0 aromatic heterocycles. The van der Waals surface area contributed by atoms with Crippen LogP contribution in [0.15, 0.2) is 54.6 Å². The number of aliphatic carboxylic acids is 1. The van der Waals surface area contributed by atoms with Gasteiger partial charge in [-0.2, -0.15) is 0 Å². The number of carbonyl (C=O) groups excluding carboxylic acids is 3. The van der Waals surface area contributed by atoms with E-state index in [0.29, 0.717) is 31.4 Å². The van der Waals surface area contributed by atoms with Crippen molar-refractivity contribution in [2.75, 3.05) is 6.54 Å². The highest BCUT2D eigenvalue weighted by molar-refractivity contribution is 5.94. The van der Waals surface area contributed by atoms with Gasteiger partial charge in [0.2, 0.25) is 17.7 Å². The van der Waals surface area contributed by atoms with Crippen LogP contribution in [0.1, 0.15) is 50.7 Å². The molecule has 11 nitrogen and oxygen atoms in total. The first kappa shape index (κ1) is 33.2. The molecule has 0 aliphatic carbocycles. The Balaban J connectivity index is 2.29. The molecule has 0 aliphatic rings. The number of carboxylic acids is 1. The highest BCUT2D eigenvalue weighted by Crippen LogP contribution is 2.13. The highest BCUT2D eigenvalue weighted by Gasteiger charge is 2.30. The van der Waals surface area contributed by atoms with Crippen molar-refractivity contribution in [3.05, 3.63) is 65.7 Å². The van der Waals surface area contributed by atoms with E-state index in [-0.39, 0.29) is 30.9 Å². The molecular formula is C30H43N5O6. The molecule has 0 heterocycles. The summed E-state index contributed by atoms with van der Waals surface area (Å²) in [7, 11) is 0. The maximum atomic E-state index is 13.6. The van der Waals surface area contributed by atoms with E-state index < -0.39 is 47.9 Å². The van der Waals surface area contributed by atoms with E-state index in [2.05, 4.69) is 16.0 Å². The highest BCUT2D eigenvalue weighted by atomic mass is 16.4. The van der Waals surface area contributed by atoms with E-state index in [1.165, 1.54) is 12.1 Å². The minimum atomic E-state index is -1.18. The molecule has 0 aliphatic heterocycles. The molecule has 0 saturated heterocycles. The fourth-order valence-corrected chi connectivity index (χ4v) is 4.32. The van der Waals surface area contributed by atoms with Crippen LogP contribution in [-0.2, 0) is 32.0 Å². The van der Waals surface area contributed by atoms with Gasteiger partial charge in [0.25, 0.3) is 0 Å². The van der Waals surface area contributed by atoms with Gasteiger partial charge in [-0.05, 0) is 61.4 Å². The number of hydrogen-bond acceptors (Lipinski definition) is 7. The van der Waals surface area contributed by atoms with Crippen molar-refractivity contribution >= 4 is 23.7 Å². The van der Waals surface area contributed by atoms with Crippen LogP contribution in [0.5, 0.6) is 5.75 Å². The molecule has 0 bridgehead atoms. The van der Waals surface area contributed by atoms with Crippen LogP contribution >= 0.6 is 0 Å². The molecule has 4 unspecified atom stereocenters. The van der Waals surface area contributed by atoms with Crippen molar-refractivity contribution in [2.45, 2.75) is 76.5 Å². The molecular weight excluding hydrogens is 526 g/mol. The van der Waals surface area contributed by atoms with E-state index in [4.69, 9.17) is 11.5 Å². The maximum absolute atomic E-state index is 13.6. The molecule has 4 atom stereocenters. The monoisotopic (exact) mass is 569 g/mol. The lowest BCUT2D eigenvalue weighted by molar-refractivity contribution is -0.142. The molecule has 0 radical (unpaired) electrons. The summed E-state index contributed by atoms with van der Waals surface area (Å²) in [5.41, 5.74) is 13.0. The first-order valence-electron chi connectivity index (χ1n) is 13.9. The Morgan fingerprint density at radius 1 is 0.756 bits per heavy atom. The van der Waals surface area contributed by atoms with Crippen molar-refractivity contribution < 1.29 is 29.4 Å². The maximum Gasteiger partial charge on any atom is 0.326 e. The average Bonchev–Trinajstić information content (AvgIpc) is 2.92. The van der Waals surface area contributed by atoms with Crippen LogP contribution in [0, 0.1) is 5.92 Å². The topological polar surface area (TPSA) is 197 Å². The molecule has 224 valence electrons. The van der Waals surface area contributed by atoms with Crippen LogP contribution < -0.4 is 27.4 Å². The lowest BCUT2D eigenvalue weighted by atomic mass is 10.0. The summed E-state index contributed by atoms with van der Waals surface area (Å²) in [4.78, 5) is 51.7. The lowest BCUT2D eigenvalue weighted by Gasteiger charge is -2.26. The number of unbranched alkanes of at least 4 members (excludes halogenated alkanes) is 1. The summed E-state index contributed by atoms with van der Waals surface area (Å²) in [6, 6.07) is 11.0. The van der Waals surface area contributed by atoms with Crippen LogP contribution in [0.2, 0.25) is 0 Å². The van der Waals surface area contributed by atoms with Crippen LogP contribution in [0.25, 0.3) is 0 Å².